The lowest BCUT2D eigenvalue weighted by Gasteiger charge is -2.23. The maximum atomic E-state index is 13.1. The van der Waals surface area contributed by atoms with Crippen LogP contribution in [-0.2, 0) is 24.8 Å². The van der Waals surface area contributed by atoms with E-state index in [2.05, 4.69) is 10.0 Å². The molecule has 1 heterocycles. The number of sulfonamides is 2. The minimum atomic E-state index is -3.81. The Bertz CT molecular complexity index is 1180. The molecule has 1 aliphatic rings. The van der Waals surface area contributed by atoms with Crippen LogP contribution in [0.2, 0.25) is 0 Å². The molecule has 0 unspecified atom stereocenters. The third-order valence-electron chi connectivity index (χ3n) is 4.90. The van der Waals surface area contributed by atoms with E-state index in [1.807, 2.05) is 6.92 Å². The Hall–Kier alpha value is -2.63. The number of rotatable bonds is 7. The minimum Gasteiger partial charge on any atom is -0.494 e. The fourth-order valence-corrected chi connectivity index (χ4v) is 5.64. The van der Waals surface area contributed by atoms with Crippen LogP contribution < -0.4 is 14.8 Å². The highest BCUT2D eigenvalue weighted by Crippen LogP contribution is 2.30. The first-order chi connectivity index (χ1) is 14.5. The molecule has 168 valence electrons. The van der Waals surface area contributed by atoms with E-state index >= 15 is 0 Å². The molecule has 1 atom stereocenters. The SMILES string of the molecule is COc1cc(NC(=O)[C@@H]2CCCN2S(=O)(=O)c2ccc(C)cc2)ccc1NS(C)(=O)=O. The van der Waals surface area contributed by atoms with Gasteiger partial charge < -0.3 is 10.1 Å². The highest BCUT2D eigenvalue weighted by atomic mass is 32.2. The number of hydrogen-bond donors (Lipinski definition) is 2. The van der Waals surface area contributed by atoms with E-state index in [9.17, 15) is 21.6 Å². The molecule has 0 bridgehead atoms. The normalized spacial score (nSPS) is 17.3. The highest BCUT2D eigenvalue weighted by Gasteiger charge is 2.39. The molecule has 1 fully saturated rings. The first-order valence-electron chi connectivity index (χ1n) is 9.56. The average molecular weight is 468 g/mol. The van der Waals surface area contributed by atoms with Gasteiger partial charge in [0.15, 0.2) is 0 Å². The summed E-state index contributed by atoms with van der Waals surface area (Å²) in [5.74, 6) is -0.238. The summed E-state index contributed by atoms with van der Waals surface area (Å²) in [6.45, 7) is 2.13. The second kappa shape index (κ2) is 8.85. The van der Waals surface area contributed by atoms with E-state index in [-0.39, 0.29) is 22.9 Å². The molecule has 11 heteroatoms. The van der Waals surface area contributed by atoms with Gasteiger partial charge in [0.05, 0.1) is 23.9 Å². The zero-order valence-corrected chi connectivity index (χ0v) is 19.1. The van der Waals surface area contributed by atoms with Crippen molar-refractivity contribution >= 4 is 37.3 Å². The van der Waals surface area contributed by atoms with Crippen molar-refractivity contribution in [3.05, 3.63) is 48.0 Å². The van der Waals surface area contributed by atoms with E-state index < -0.39 is 32.0 Å². The summed E-state index contributed by atoms with van der Waals surface area (Å²) in [7, 11) is -5.94. The highest BCUT2D eigenvalue weighted by molar-refractivity contribution is 7.92. The van der Waals surface area contributed by atoms with E-state index in [0.717, 1.165) is 11.8 Å². The quantitative estimate of drug-likeness (QED) is 0.644. The number of anilines is 2. The molecular formula is C20H25N3O6S2. The Kier molecular flexibility index (Phi) is 6.58. The molecule has 1 aliphatic heterocycles. The summed E-state index contributed by atoms with van der Waals surface area (Å²) in [6.07, 6.45) is 2.00. The lowest BCUT2D eigenvalue weighted by atomic mass is 10.2. The van der Waals surface area contributed by atoms with Gasteiger partial charge in [0.1, 0.15) is 11.8 Å². The summed E-state index contributed by atoms with van der Waals surface area (Å²) in [5, 5.41) is 2.71. The number of benzene rings is 2. The molecule has 0 spiro atoms. The Balaban J connectivity index is 1.80. The molecule has 1 amide bonds. The Morgan fingerprint density at radius 2 is 1.77 bits per heavy atom. The maximum Gasteiger partial charge on any atom is 0.243 e. The van der Waals surface area contributed by atoms with Crippen LogP contribution >= 0.6 is 0 Å². The van der Waals surface area contributed by atoms with Crippen LogP contribution in [0.1, 0.15) is 18.4 Å². The molecule has 0 aromatic heterocycles. The zero-order valence-electron chi connectivity index (χ0n) is 17.5. The molecule has 0 saturated carbocycles. The predicted molar refractivity (Wildman–Crippen MR) is 118 cm³/mol. The smallest absolute Gasteiger partial charge is 0.243 e. The van der Waals surface area contributed by atoms with Crippen molar-refractivity contribution in [2.45, 2.75) is 30.7 Å². The van der Waals surface area contributed by atoms with Gasteiger partial charge in [-0.05, 0) is 44.0 Å². The molecule has 0 aliphatic carbocycles. The number of ether oxygens (including phenoxy) is 1. The number of methoxy groups -OCH3 is 1. The first-order valence-corrected chi connectivity index (χ1v) is 12.9. The summed E-state index contributed by atoms with van der Waals surface area (Å²) < 4.78 is 57.8. The molecule has 0 radical (unpaired) electrons. The van der Waals surface area contributed by atoms with Crippen LogP contribution in [0.5, 0.6) is 5.75 Å². The van der Waals surface area contributed by atoms with Gasteiger partial charge in [-0.15, -0.1) is 0 Å². The molecular weight excluding hydrogens is 442 g/mol. The van der Waals surface area contributed by atoms with Gasteiger partial charge in [-0.25, -0.2) is 16.8 Å². The topological polar surface area (TPSA) is 122 Å². The van der Waals surface area contributed by atoms with E-state index in [1.54, 1.807) is 12.1 Å². The average Bonchev–Trinajstić information content (AvgIpc) is 3.19. The van der Waals surface area contributed by atoms with E-state index in [4.69, 9.17) is 4.74 Å². The molecule has 1 saturated heterocycles. The summed E-state index contributed by atoms with van der Waals surface area (Å²) >= 11 is 0. The van der Waals surface area contributed by atoms with Gasteiger partial charge in [-0.2, -0.15) is 4.31 Å². The Morgan fingerprint density at radius 3 is 2.39 bits per heavy atom. The van der Waals surface area contributed by atoms with Gasteiger partial charge in [0.2, 0.25) is 26.0 Å². The molecule has 9 nitrogen and oxygen atoms in total. The van der Waals surface area contributed by atoms with Crippen molar-refractivity contribution in [3.63, 3.8) is 0 Å². The van der Waals surface area contributed by atoms with Crippen LogP contribution in [-0.4, -0.2) is 53.0 Å². The number of nitrogens with one attached hydrogen (secondary N) is 2. The van der Waals surface area contributed by atoms with Crippen molar-refractivity contribution < 1.29 is 26.4 Å². The molecule has 3 rings (SSSR count). The first kappa shape index (κ1) is 23.0. The fraction of sp³-hybridized carbons (Fsp3) is 0.350. The number of amides is 1. The third kappa shape index (κ3) is 5.35. The molecule has 2 aromatic rings. The lowest BCUT2D eigenvalue weighted by molar-refractivity contribution is -0.119. The van der Waals surface area contributed by atoms with Gasteiger partial charge >= 0.3 is 0 Å². The van der Waals surface area contributed by atoms with Crippen LogP contribution in [0.3, 0.4) is 0 Å². The summed E-state index contributed by atoms with van der Waals surface area (Å²) in [6, 6.07) is 10.1. The van der Waals surface area contributed by atoms with Gasteiger partial charge in [0, 0.05) is 18.3 Å². The van der Waals surface area contributed by atoms with Crippen molar-refractivity contribution in [1.82, 2.24) is 4.31 Å². The van der Waals surface area contributed by atoms with Gasteiger partial charge in [-0.1, -0.05) is 17.7 Å². The van der Waals surface area contributed by atoms with Crippen molar-refractivity contribution in [3.8, 4) is 5.75 Å². The van der Waals surface area contributed by atoms with E-state index in [0.29, 0.717) is 18.5 Å². The number of carbonyl (C=O) groups is 1. The van der Waals surface area contributed by atoms with Crippen LogP contribution in [0.15, 0.2) is 47.4 Å². The molecule has 2 aromatic carbocycles. The Labute approximate surface area is 182 Å². The molecule has 31 heavy (non-hydrogen) atoms. The van der Waals surface area contributed by atoms with Crippen molar-refractivity contribution in [2.24, 2.45) is 0 Å². The number of aryl methyl sites for hydroxylation is 1. The zero-order chi connectivity index (χ0) is 22.8. The van der Waals surface area contributed by atoms with Gasteiger partial charge in [0.25, 0.3) is 0 Å². The van der Waals surface area contributed by atoms with Crippen LogP contribution in [0.25, 0.3) is 0 Å². The number of hydrogen-bond acceptors (Lipinski definition) is 6. The predicted octanol–water partition coefficient (Wildman–Crippen LogP) is 2.17. The molecule has 2 N–H and O–H groups in total. The van der Waals surface area contributed by atoms with Crippen molar-refractivity contribution in [2.75, 3.05) is 29.9 Å². The van der Waals surface area contributed by atoms with Gasteiger partial charge in [-0.3, -0.25) is 9.52 Å². The monoisotopic (exact) mass is 467 g/mol. The number of nitrogens with zero attached hydrogens (tertiary/aromatic N) is 1. The second-order valence-corrected chi connectivity index (χ2v) is 11.0. The Morgan fingerprint density at radius 1 is 1.10 bits per heavy atom. The van der Waals surface area contributed by atoms with Crippen LogP contribution in [0, 0.1) is 6.92 Å². The summed E-state index contributed by atoms with van der Waals surface area (Å²) in [5.41, 5.74) is 1.53. The van der Waals surface area contributed by atoms with Crippen molar-refractivity contribution in [1.29, 1.82) is 0 Å². The fourth-order valence-electron chi connectivity index (χ4n) is 3.41. The maximum absolute atomic E-state index is 13.1. The third-order valence-corrected chi connectivity index (χ3v) is 7.41. The lowest BCUT2D eigenvalue weighted by Crippen LogP contribution is -2.43. The minimum absolute atomic E-state index is 0.149. The summed E-state index contributed by atoms with van der Waals surface area (Å²) in [4.78, 5) is 13.0. The second-order valence-electron chi connectivity index (χ2n) is 7.37. The number of carbonyl (C=O) groups excluding carboxylic acids is 1. The van der Waals surface area contributed by atoms with Crippen LogP contribution in [0.4, 0.5) is 11.4 Å². The standard InChI is InChI=1S/C20H25N3O6S2/c1-14-6-9-16(10-7-14)31(27,28)23-12-4-5-18(23)20(24)21-15-8-11-17(19(13-15)29-2)22-30(3,25)26/h6-11,13,18,22H,4-5,12H2,1-3H3,(H,21,24)/t18-/m0/s1. The van der Waals surface area contributed by atoms with E-state index in [1.165, 1.54) is 41.7 Å². The largest absolute Gasteiger partial charge is 0.494 e.